The third-order valence-electron chi connectivity index (χ3n) is 2.99. The van der Waals surface area contributed by atoms with Crippen LogP contribution in [-0.2, 0) is 4.43 Å². The molecule has 3 heteroatoms. The van der Waals surface area contributed by atoms with Crippen LogP contribution in [0.2, 0.25) is 18.1 Å². The summed E-state index contributed by atoms with van der Waals surface area (Å²) in [4.78, 5) is 0. The van der Waals surface area contributed by atoms with Gasteiger partial charge in [-0.2, -0.15) is 0 Å². The zero-order valence-electron chi connectivity index (χ0n) is 9.98. The van der Waals surface area contributed by atoms with E-state index in [-0.39, 0.29) is 6.04 Å². The van der Waals surface area contributed by atoms with Gasteiger partial charge in [0.15, 0.2) is 8.32 Å². The van der Waals surface area contributed by atoms with Crippen LogP contribution in [0.15, 0.2) is 0 Å². The summed E-state index contributed by atoms with van der Waals surface area (Å²) in [7, 11) is -1.56. The number of nitrogens with two attached hydrogens (primary N) is 1. The molecule has 0 heterocycles. The molecule has 0 fully saturated rings. The summed E-state index contributed by atoms with van der Waals surface area (Å²) >= 11 is 0. The average molecular weight is 203 g/mol. The lowest BCUT2D eigenvalue weighted by atomic mass is 10.2. The molecule has 1 unspecified atom stereocenters. The Labute approximate surface area is 84.0 Å². The molecule has 0 aliphatic carbocycles. The minimum Gasteiger partial charge on any atom is -0.415 e. The van der Waals surface area contributed by atoms with Crippen molar-refractivity contribution in [3.63, 3.8) is 0 Å². The van der Waals surface area contributed by atoms with Gasteiger partial charge in [-0.25, -0.2) is 0 Å². The first-order valence-corrected chi connectivity index (χ1v) is 8.01. The number of hydrogen-bond acceptors (Lipinski definition) is 2. The Balaban J connectivity index is 4.04. The van der Waals surface area contributed by atoms with Crippen molar-refractivity contribution in [2.45, 2.75) is 58.3 Å². The summed E-state index contributed by atoms with van der Waals surface area (Å²) in [6.07, 6.45) is 0.995. The van der Waals surface area contributed by atoms with E-state index in [0.717, 1.165) is 6.42 Å². The second kappa shape index (κ2) is 4.58. The van der Waals surface area contributed by atoms with Crippen molar-refractivity contribution < 1.29 is 4.43 Å². The SMILES string of the molecule is CCC(N)CO[Si](C)(C)C(C)(C)C. The highest BCUT2D eigenvalue weighted by Gasteiger charge is 2.37. The van der Waals surface area contributed by atoms with E-state index < -0.39 is 8.32 Å². The Bertz CT molecular complexity index is 151. The quantitative estimate of drug-likeness (QED) is 0.713. The van der Waals surface area contributed by atoms with Gasteiger partial charge >= 0.3 is 0 Å². The van der Waals surface area contributed by atoms with Crippen LogP contribution in [0.1, 0.15) is 34.1 Å². The molecule has 2 N–H and O–H groups in total. The van der Waals surface area contributed by atoms with E-state index in [4.69, 9.17) is 10.2 Å². The first kappa shape index (κ1) is 13.1. The second-order valence-corrected chi connectivity index (χ2v) is 10.0. The van der Waals surface area contributed by atoms with Crippen molar-refractivity contribution in [1.82, 2.24) is 0 Å². The third-order valence-corrected chi connectivity index (χ3v) is 7.49. The fourth-order valence-corrected chi connectivity index (χ4v) is 1.71. The molecule has 0 aliphatic heterocycles. The Morgan fingerprint density at radius 3 is 2.08 bits per heavy atom. The van der Waals surface area contributed by atoms with Crippen LogP contribution in [-0.4, -0.2) is 21.0 Å². The monoisotopic (exact) mass is 203 g/mol. The fraction of sp³-hybridized carbons (Fsp3) is 1.00. The van der Waals surface area contributed by atoms with Crippen LogP contribution in [0, 0.1) is 0 Å². The van der Waals surface area contributed by atoms with E-state index in [9.17, 15) is 0 Å². The van der Waals surface area contributed by atoms with Gasteiger partial charge in [-0.05, 0) is 24.6 Å². The molecular weight excluding hydrogens is 178 g/mol. The van der Waals surface area contributed by atoms with Gasteiger partial charge in [0.05, 0.1) is 0 Å². The molecule has 0 aliphatic rings. The van der Waals surface area contributed by atoms with Crippen molar-refractivity contribution in [3.8, 4) is 0 Å². The van der Waals surface area contributed by atoms with Gasteiger partial charge in [0.2, 0.25) is 0 Å². The van der Waals surface area contributed by atoms with Crippen molar-refractivity contribution in [2.75, 3.05) is 6.61 Å². The first-order valence-electron chi connectivity index (χ1n) is 5.10. The van der Waals surface area contributed by atoms with Crippen LogP contribution in [0.25, 0.3) is 0 Å². The second-order valence-electron chi connectivity index (χ2n) is 5.24. The smallest absolute Gasteiger partial charge is 0.192 e. The maximum atomic E-state index is 5.96. The summed E-state index contributed by atoms with van der Waals surface area (Å²) < 4.78 is 5.96. The van der Waals surface area contributed by atoms with Crippen LogP contribution in [0.4, 0.5) is 0 Å². The summed E-state index contributed by atoms with van der Waals surface area (Å²) in [6.45, 7) is 14.1. The Hall–Kier alpha value is 0.137. The highest BCUT2D eigenvalue weighted by molar-refractivity contribution is 6.74. The van der Waals surface area contributed by atoms with Crippen LogP contribution >= 0.6 is 0 Å². The van der Waals surface area contributed by atoms with Gasteiger partial charge in [-0.3, -0.25) is 0 Å². The topological polar surface area (TPSA) is 35.2 Å². The molecule has 0 amide bonds. The standard InChI is InChI=1S/C10H25NOSi/c1-7-9(11)8-12-13(5,6)10(2,3)4/h9H,7-8,11H2,1-6H3. The lowest BCUT2D eigenvalue weighted by Gasteiger charge is -2.36. The zero-order valence-corrected chi connectivity index (χ0v) is 11.0. The van der Waals surface area contributed by atoms with Crippen LogP contribution in [0.5, 0.6) is 0 Å². The lowest BCUT2D eigenvalue weighted by Crippen LogP contribution is -2.43. The molecule has 0 aromatic carbocycles. The molecule has 2 nitrogen and oxygen atoms in total. The molecule has 0 aromatic heterocycles. The average Bonchev–Trinajstić information content (AvgIpc) is 1.98. The maximum Gasteiger partial charge on any atom is 0.192 e. The Morgan fingerprint density at radius 1 is 1.31 bits per heavy atom. The van der Waals surface area contributed by atoms with Crippen molar-refractivity contribution in [2.24, 2.45) is 5.73 Å². The van der Waals surface area contributed by atoms with Gasteiger partial charge < -0.3 is 10.2 Å². The van der Waals surface area contributed by atoms with Crippen LogP contribution in [0.3, 0.4) is 0 Å². The van der Waals surface area contributed by atoms with Crippen molar-refractivity contribution in [1.29, 1.82) is 0 Å². The maximum absolute atomic E-state index is 5.96. The third kappa shape index (κ3) is 4.25. The van der Waals surface area contributed by atoms with Gasteiger partial charge in [0.25, 0.3) is 0 Å². The van der Waals surface area contributed by atoms with E-state index in [1.165, 1.54) is 0 Å². The number of hydrogen-bond donors (Lipinski definition) is 1. The Kier molecular flexibility index (Phi) is 4.62. The molecular formula is C10H25NOSi. The normalized spacial score (nSPS) is 15.9. The highest BCUT2D eigenvalue weighted by Crippen LogP contribution is 2.36. The fourth-order valence-electron chi connectivity index (χ4n) is 0.650. The zero-order chi connectivity index (χ0) is 10.7. The first-order chi connectivity index (χ1) is 5.70. The van der Waals surface area contributed by atoms with Gasteiger partial charge in [0, 0.05) is 12.6 Å². The molecule has 80 valence electrons. The van der Waals surface area contributed by atoms with E-state index in [1.807, 2.05) is 0 Å². The summed E-state index contributed by atoms with van der Waals surface area (Å²) in [5.74, 6) is 0. The van der Waals surface area contributed by atoms with Crippen molar-refractivity contribution >= 4 is 8.32 Å². The summed E-state index contributed by atoms with van der Waals surface area (Å²) in [6, 6.07) is 0.203. The van der Waals surface area contributed by atoms with Gasteiger partial charge in [-0.15, -0.1) is 0 Å². The Morgan fingerprint density at radius 2 is 1.77 bits per heavy atom. The van der Waals surface area contributed by atoms with E-state index in [2.05, 4.69) is 40.8 Å². The molecule has 0 aromatic rings. The molecule has 0 rings (SSSR count). The molecule has 0 radical (unpaired) electrons. The van der Waals surface area contributed by atoms with Gasteiger partial charge in [0.1, 0.15) is 0 Å². The molecule has 0 bridgehead atoms. The predicted octanol–water partition coefficient (Wildman–Crippen LogP) is 2.75. The van der Waals surface area contributed by atoms with E-state index in [1.54, 1.807) is 0 Å². The molecule has 13 heavy (non-hydrogen) atoms. The van der Waals surface area contributed by atoms with Gasteiger partial charge in [-0.1, -0.05) is 27.7 Å². The number of rotatable bonds is 4. The molecule has 0 saturated heterocycles. The van der Waals surface area contributed by atoms with Crippen molar-refractivity contribution in [3.05, 3.63) is 0 Å². The minimum absolute atomic E-state index is 0.203. The summed E-state index contributed by atoms with van der Waals surface area (Å²) in [5, 5.41) is 0.292. The highest BCUT2D eigenvalue weighted by atomic mass is 28.4. The summed E-state index contributed by atoms with van der Waals surface area (Å²) in [5.41, 5.74) is 5.82. The largest absolute Gasteiger partial charge is 0.415 e. The molecule has 0 saturated carbocycles. The van der Waals surface area contributed by atoms with Crippen LogP contribution < -0.4 is 5.73 Å². The molecule has 1 atom stereocenters. The van der Waals surface area contributed by atoms with E-state index in [0.29, 0.717) is 11.6 Å². The lowest BCUT2D eigenvalue weighted by molar-refractivity contribution is 0.260. The minimum atomic E-state index is -1.56. The predicted molar refractivity (Wildman–Crippen MR) is 61.4 cm³/mol. The van der Waals surface area contributed by atoms with E-state index >= 15 is 0 Å². The molecule has 0 spiro atoms.